The first kappa shape index (κ1) is 17.2. The number of carbonyl (C=O) groups excluding carboxylic acids is 1. The van der Waals surface area contributed by atoms with Gasteiger partial charge in [0.2, 0.25) is 5.91 Å². The van der Waals surface area contributed by atoms with Crippen LogP contribution in [0.5, 0.6) is 0 Å². The summed E-state index contributed by atoms with van der Waals surface area (Å²) >= 11 is 5.53. The van der Waals surface area contributed by atoms with Crippen molar-refractivity contribution < 1.29 is 4.79 Å². The highest BCUT2D eigenvalue weighted by atomic mass is 35.5. The van der Waals surface area contributed by atoms with Crippen LogP contribution in [0.3, 0.4) is 0 Å². The van der Waals surface area contributed by atoms with Crippen LogP contribution in [0, 0.1) is 0 Å². The Morgan fingerprint density at radius 1 is 1.08 bits per heavy atom. The molecule has 1 unspecified atom stereocenters. The molecule has 0 spiro atoms. The lowest BCUT2D eigenvalue weighted by Gasteiger charge is -2.17. The van der Waals surface area contributed by atoms with Crippen LogP contribution < -0.4 is 10.9 Å². The van der Waals surface area contributed by atoms with Gasteiger partial charge in [-0.3, -0.25) is 9.59 Å². The standard InChI is InChI=1S/C20H19ClN2O2/c1-14(22-19(24)11-21)12-23-13-18(15-7-3-2-4-8-15)16-9-5-6-10-17(16)20(23)25/h2-10,13-14H,11-12H2,1H3,(H,22,24). The Kier molecular flexibility index (Phi) is 5.19. The van der Waals surface area contributed by atoms with Crippen molar-refractivity contribution in [1.82, 2.24) is 9.88 Å². The Bertz CT molecular complexity index is 951. The van der Waals surface area contributed by atoms with Crippen LogP contribution in [0.4, 0.5) is 0 Å². The van der Waals surface area contributed by atoms with E-state index in [1.807, 2.05) is 67.7 Å². The number of pyridine rings is 1. The van der Waals surface area contributed by atoms with E-state index in [1.165, 1.54) is 0 Å². The quantitative estimate of drug-likeness (QED) is 0.714. The fourth-order valence-electron chi connectivity index (χ4n) is 2.98. The molecule has 1 amide bonds. The van der Waals surface area contributed by atoms with E-state index in [-0.39, 0.29) is 23.4 Å². The molecule has 0 saturated carbocycles. The lowest BCUT2D eigenvalue weighted by atomic mass is 10.0. The monoisotopic (exact) mass is 354 g/mol. The first-order valence-electron chi connectivity index (χ1n) is 8.13. The molecule has 0 bridgehead atoms. The number of nitrogens with zero attached hydrogens (tertiary/aromatic N) is 1. The third kappa shape index (κ3) is 3.74. The summed E-state index contributed by atoms with van der Waals surface area (Å²) in [6, 6.07) is 17.4. The lowest BCUT2D eigenvalue weighted by Crippen LogP contribution is -2.38. The maximum atomic E-state index is 12.8. The fraction of sp³-hybridized carbons (Fsp3) is 0.200. The molecule has 1 aromatic heterocycles. The van der Waals surface area contributed by atoms with Crippen molar-refractivity contribution in [1.29, 1.82) is 0 Å². The topological polar surface area (TPSA) is 51.1 Å². The Balaban J connectivity index is 2.09. The maximum absolute atomic E-state index is 12.8. The van der Waals surface area contributed by atoms with Gasteiger partial charge in [0.15, 0.2) is 0 Å². The number of amides is 1. The molecule has 0 aliphatic heterocycles. The number of fused-ring (bicyclic) bond motifs is 1. The Morgan fingerprint density at radius 3 is 2.40 bits per heavy atom. The van der Waals surface area contributed by atoms with Gasteiger partial charge in [-0.15, -0.1) is 11.6 Å². The molecule has 3 rings (SSSR count). The summed E-state index contributed by atoms with van der Waals surface area (Å²) in [5.74, 6) is -0.335. The molecule has 3 aromatic rings. The Morgan fingerprint density at radius 2 is 1.72 bits per heavy atom. The second kappa shape index (κ2) is 7.53. The van der Waals surface area contributed by atoms with Crippen LogP contribution in [-0.2, 0) is 11.3 Å². The molecule has 1 heterocycles. The van der Waals surface area contributed by atoms with E-state index in [0.717, 1.165) is 16.5 Å². The molecular formula is C20H19ClN2O2. The zero-order chi connectivity index (χ0) is 17.8. The first-order chi connectivity index (χ1) is 12.1. The van der Waals surface area contributed by atoms with Gasteiger partial charge in [-0.25, -0.2) is 0 Å². The van der Waals surface area contributed by atoms with Crippen LogP contribution in [0.1, 0.15) is 6.92 Å². The minimum Gasteiger partial charge on any atom is -0.351 e. The second-order valence-electron chi connectivity index (χ2n) is 6.01. The average Bonchev–Trinajstić information content (AvgIpc) is 2.64. The van der Waals surface area contributed by atoms with E-state index in [1.54, 1.807) is 4.57 Å². The minimum absolute atomic E-state index is 0.0674. The number of aromatic nitrogens is 1. The highest BCUT2D eigenvalue weighted by molar-refractivity contribution is 6.27. The lowest BCUT2D eigenvalue weighted by molar-refractivity contribution is -0.119. The number of rotatable bonds is 5. The van der Waals surface area contributed by atoms with Crippen LogP contribution >= 0.6 is 11.6 Å². The number of halogens is 1. The normalized spacial score (nSPS) is 12.1. The molecule has 25 heavy (non-hydrogen) atoms. The van der Waals surface area contributed by atoms with E-state index in [0.29, 0.717) is 11.9 Å². The molecule has 0 saturated heterocycles. The summed E-state index contributed by atoms with van der Waals surface area (Å²) in [4.78, 5) is 24.3. The van der Waals surface area contributed by atoms with Gasteiger partial charge in [0.1, 0.15) is 5.88 Å². The summed E-state index contributed by atoms with van der Waals surface area (Å²) in [6.07, 6.45) is 1.86. The van der Waals surface area contributed by atoms with Crippen molar-refractivity contribution in [3.8, 4) is 11.1 Å². The van der Waals surface area contributed by atoms with E-state index in [4.69, 9.17) is 11.6 Å². The number of nitrogens with one attached hydrogen (secondary N) is 1. The SMILES string of the molecule is CC(Cn1cc(-c2ccccc2)c2ccccc2c1=O)NC(=O)CCl. The van der Waals surface area contributed by atoms with Crippen LogP contribution in [0.2, 0.25) is 0 Å². The predicted octanol–water partition coefficient (Wildman–Crippen LogP) is 3.41. The summed E-state index contributed by atoms with van der Waals surface area (Å²) < 4.78 is 1.66. The number of carbonyl (C=O) groups is 1. The number of hydrogen-bond acceptors (Lipinski definition) is 2. The van der Waals surface area contributed by atoms with Gasteiger partial charge >= 0.3 is 0 Å². The van der Waals surface area contributed by atoms with Gasteiger partial charge < -0.3 is 9.88 Å². The van der Waals surface area contributed by atoms with Gasteiger partial charge in [-0.2, -0.15) is 0 Å². The summed E-state index contributed by atoms with van der Waals surface area (Å²) in [5, 5.41) is 4.37. The molecule has 128 valence electrons. The Labute approximate surface area is 151 Å². The van der Waals surface area contributed by atoms with Gasteiger partial charge in [0, 0.05) is 29.7 Å². The van der Waals surface area contributed by atoms with Gasteiger partial charge in [0.25, 0.3) is 5.56 Å². The molecule has 0 aliphatic rings. The second-order valence-corrected chi connectivity index (χ2v) is 6.28. The Hall–Kier alpha value is -2.59. The third-order valence-electron chi connectivity index (χ3n) is 4.08. The van der Waals surface area contributed by atoms with Crippen molar-refractivity contribution in [2.45, 2.75) is 19.5 Å². The largest absolute Gasteiger partial charge is 0.351 e. The first-order valence-corrected chi connectivity index (χ1v) is 8.66. The van der Waals surface area contributed by atoms with Crippen molar-refractivity contribution >= 4 is 28.3 Å². The van der Waals surface area contributed by atoms with Crippen molar-refractivity contribution in [2.24, 2.45) is 0 Å². The van der Waals surface area contributed by atoms with Crippen LogP contribution in [-0.4, -0.2) is 22.4 Å². The number of hydrogen-bond donors (Lipinski definition) is 1. The minimum atomic E-state index is -0.244. The predicted molar refractivity (Wildman–Crippen MR) is 102 cm³/mol. The number of benzene rings is 2. The number of alkyl halides is 1. The summed E-state index contributed by atoms with van der Waals surface area (Å²) in [7, 11) is 0. The molecule has 5 heteroatoms. The summed E-state index contributed by atoms with van der Waals surface area (Å²) in [5.41, 5.74) is 1.97. The fourth-order valence-corrected chi connectivity index (χ4v) is 3.06. The molecule has 1 N–H and O–H groups in total. The van der Waals surface area contributed by atoms with Gasteiger partial charge in [-0.1, -0.05) is 48.5 Å². The maximum Gasteiger partial charge on any atom is 0.258 e. The van der Waals surface area contributed by atoms with Crippen LogP contribution in [0.25, 0.3) is 21.9 Å². The molecule has 4 nitrogen and oxygen atoms in total. The van der Waals surface area contributed by atoms with Gasteiger partial charge in [0.05, 0.1) is 0 Å². The zero-order valence-corrected chi connectivity index (χ0v) is 14.7. The molecule has 0 radical (unpaired) electrons. The molecule has 0 fully saturated rings. The summed E-state index contributed by atoms with van der Waals surface area (Å²) in [6.45, 7) is 2.24. The van der Waals surface area contributed by atoms with Gasteiger partial charge in [-0.05, 0) is 23.9 Å². The molecule has 1 atom stereocenters. The van der Waals surface area contributed by atoms with E-state index < -0.39 is 0 Å². The van der Waals surface area contributed by atoms with E-state index in [2.05, 4.69) is 5.32 Å². The third-order valence-corrected chi connectivity index (χ3v) is 4.32. The molecular weight excluding hydrogens is 336 g/mol. The average molecular weight is 355 g/mol. The molecule has 0 aliphatic carbocycles. The highest BCUT2D eigenvalue weighted by Gasteiger charge is 2.13. The molecule has 2 aromatic carbocycles. The zero-order valence-electron chi connectivity index (χ0n) is 13.9. The van der Waals surface area contributed by atoms with Crippen molar-refractivity contribution in [3.05, 3.63) is 71.1 Å². The van der Waals surface area contributed by atoms with Crippen LogP contribution in [0.15, 0.2) is 65.6 Å². The van der Waals surface area contributed by atoms with E-state index >= 15 is 0 Å². The van der Waals surface area contributed by atoms with E-state index in [9.17, 15) is 9.59 Å². The van der Waals surface area contributed by atoms with Crippen molar-refractivity contribution in [2.75, 3.05) is 5.88 Å². The highest BCUT2D eigenvalue weighted by Crippen LogP contribution is 2.26. The van der Waals surface area contributed by atoms with Crippen molar-refractivity contribution in [3.63, 3.8) is 0 Å². The smallest absolute Gasteiger partial charge is 0.258 e.